The minimum atomic E-state index is 0.626. The third kappa shape index (κ3) is 3.58. The van der Waals surface area contributed by atoms with Crippen molar-refractivity contribution in [1.29, 1.82) is 0 Å². The fourth-order valence-corrected chi connectivity index (χ4v) is 14.7. The van der Waals surface area contributed by atoms with Gasteiger partial charge in [0.1, 0.15) is 0 Å². The lowest BCUT2D eigenvalue weighted by atomic mass is 9.25. The van der Waals surface area contributed by atoms with Crippen LogP contribution in [0.1, 0.15) is 153 Å². The SMILES string of the molecule is CCCCCCC1CC2C3CC4CC5CC(CCCCC)C5(C(C)C)C(C)C(C)C43C(C)C(C)C12C(C)C. The first-order chi connectivity index (χ1) is 18.1. The van der Waals surface area contributed by atoms with Crippen LogP contribution in [-0.2, 0) is 0 Å². The molecule has 0 saturated heterocycles. The standard InChI is InChI=1S/C38H68/c1-11-13-15-17-19-31-22-34-35-23-33-21-32-20-30(18-16-14-12-2)36(32,24(3)4)26(7)28(9)38(33,35)29(10)27(8)37(31,34)25(5)6/h24-35H,11-23H2,1-10H3. The Morgan fingerprint density at radius 1 is 0.526 bits per heavy atom. The summed E-state index contributed by atoms with van der Waals surface area (Å²) in [5.74, 6) is 11.4. The van der Waals surface area contributed by atoms with Crippen LogP contribution >= 0.6 is 0 Å². The van der Waals surface area contributed by atoms with Crippen molar-refractivity contribution in [3.63, 3.8) is 0 Å². The van der Waals surface area contributed by atoms with Gasteiger partial charge in [-0.15, -0.1) is 0 Å². The summed E-state index contributed by atoms with van der Waals surface area (Å²) in [5.41, 5.74) is 1.90. The van der Waals surface area contributed by atoms with Crippen molar-refractivity contribution in [1.82, 2.24) is 0 Å². The molecule has 0 heteroatoms. The second-order valence-corrected chi connectivity index (χ2v) is 16.8. The molecular weight excluding hydrogens is 456 g/mol. The molecule has 0 radical (unpaired) electrons. The Kier molecular flexibility index (Phi) is 8.29. The Labute approximate surface area is 239 Å². The zero-order valence-corrected chi connectivity index (χ0v) is 27.6. The summed E-state index contributed by atoms with van der Waals surface area (Å²) in [7, 11) is 0. The van der Waals surface area contributed by atoms with Gasteiger partial charge in [0.2, 0.25) is 0 Å². The summed E-state index contributed by atoms with van der Waals surface area (Å²) < 4.78 is 0. The predicted octanol–water partition coefficient (Wildman–Crippen LogP) is 11.7. The molecule has 1 spiro atoms. The van der Waals surface area contributed by atoms with Crippen molar-refractivity contribution in [3.05, 3.63) is 0 Å². The molecule has 5 aliphatic rings. The lowest BCUT2D eigenvalue weighted by Crippen LogP contribution is -2.74. The van der Waals surface area contributed by atoms with Gasteiger partial charge in [0.15, 0.2) is 0 Å². The van der Waals surface area contributed by atoms with Crippen LogP contribution in [-0.4, -0.2) is 0 Å². The molecule has 5 fully saturated rings. The van der Waals surface area contributed by atoms with Gasteiger partial charge >= 0.3 is 0 Å². The lowest BCUT2D eigenvalue weighted by molar-refractivity contribution is -0.321. The average Bonchev–Trinajstić information content (AvgIpc) is 2.87. The summed E-state index contributed by atoms with van der Waals surface area (Å²) in [6.07, 6.45) is 19.5. The number of rotatable bonds is 11. The monoisotopic (exact) mass is 525 g/mol. The molecule has 13 atom stereocenters. The van der Waals surface area contributed by atoms with Crippen LogP contribution in [0.4, 0.5) is 0 Å². The normalized spacial score (nSPS) is 51.2. The maximum absolute atomic E-state index is 2.81. The number of fused-ring (bicyclic) bond motifs is 3. The van der Waals surface area contributed by atoms with Gasteiger partial charge in [-0.1, -0.05) is 114 Å². The van der Waals surface area contributed by atoms with Gasteiger partial charge in [0.25, 0.3) is 0 Å². The van der Waals surface area contributed by atoms with E-state index < -0.39 is 0 Å². The molecule has 0 nitrogen and oxygen atoms in total. The highest BCUT2D eigenvalue weighted by Gasteiger charge is 2.78. The lowest BCUT2D eigenvalue weighted by Gasteiger charge is -2.80. The molecule has 0 aliphatic heterocycles. The van der Waals surface area contributed by atoms with E-state index in [0.29, 0.717) is 16.2 Å². The van der Waals surface area contributed by atoms with E-state index in [2.05, 4.69) is 69.2 Å². The molecule has 5 rings (SSSR count). The largest absolute Gasteiger partial charge is 0.0654 e. The van der Waals surface area contributed by atoms with Crippen LogP contribution in [0.25, 0.3) is 0 Å². The van der Waals surface area contributed by atoms with Crippen molar-refractivity contribution < 1.29 is 0 Å². The topological polar surface area (TPSA) is 0 Å². The van der Waals surface area contributed by atoms with E-state index in [1.165, 1.54) is 57.8 Å². The third-order valence-corrected chi connectivity index (χ3v) is 16.0. The minimum absolute atomic E-state index is 0.626. The second kappa shape index (κ2) is 10.7. The van der Waals surface area contributed by atoms with Gasteiger partial charge in [-0.2, -0.15) is 0 Å². The van der Waals surface area contributed by atoms with Gasteiger partial charge in [-0.05, 0) is 126 Å². The van der Waals surface area contributed by atoms with E-state index in [0.717, 1.165) is 71.0 Å². The molecule has 5 saturated carbocycles. The molecule has 0 bridgehead atoms. The zero-order chi connectivity index (χ0) is 27.6. The third-order valence-electron chi connectivity index (χ3n) is 16.0. The van der Waals surface area contributed by atoms with E-state index >= 15 is 0 Å². The molecule has 0 amide bonds. The smallest absolute Gasteiger partial charge is 0.0181 e. The molecular formula is C38H68. The molecule has 0 aromatic rings. The Morgan fingerprint density at radius 3 is 1.63 bits per heavy atom. The molecule has 0 aromatic carbocycles. The van der Waals surface area contributed by atoms with Gasteiger partial charge in [-0.25, -0.2) is 0 Å². The van der Waals surface area contributed by atoms with Crippen LogP contribution in [0, 0.1) is 87.3 Å². The molecule has 13 unspecified atom stereocenters. The molecule has 5 aliphatic carbocycles. The molecule has 0 N–H and O–H groups in total. The fourth-order valence-electron chi connectivity index (χ4n) is 14.7. The highest BCUT2D eigenvalue weighted by Crippen LogP contribution is 2.84. The average molecular weight is 525 g/mol. The Balaban J connectivity index is 1.45. The van der Waals surface area contributed by atoms with E-state index in [-0.39, 0.29) is 0 Å². The van der Waals surface area contributed by atoms with Crippen molar-refractivity contribution in [2.75, 3.05) is 0 Å². The van der Waals surface area contributed by atoms with Gasteiger partial charge < -0.3 is 0 Å². The van der Waals surface area contributed by atoms with Gasteiger partial charge in [0, 0.05) is 0 Å². The van der Waals surface area contributed by atoms with Crippen LogP contribution < -0.4 is 0 Å². The van der Waals surface area contributed by atoms with Crippen molar-refractivity contribution >= 4 is 0 Å². The van der Waals surface area contributed by atoms with Crippen LogP contribution in [0.3, 0.4) is 0 Å². The Bertz CT molecular complexity index is 797. The van der Waals surface area contributed by atoms with Crippen LogP contribution in [0.15, 0.2) is 0 Å². The van der Waals surface area contributed by atoms with E-state index in [9.17, 15) is 0 Å². The summed E-state index contributed by atoms with van der Waals surface area (Å²) in [4.78, 5) is 0. The quantitative estimate of drug-likeness (QED) is 0.236. The van der Waals surface area contributed by atoms with Gasteiger partial charge in [0.05, 0.1) is 0 Å². The predicted molar refractivity (Wildman–Crippen MR) is 166 cm³/mol. The van der Waals surface area contributed by atoms with E-state index in [1.807, 2.05) is 0 Å². The summed E-state index contributed by atoms with van der Waals surface area (Å²) in [5, 5.41) is 0. The summed E-state index contributed by atoms with van der Waals surface area (Å²) in [6, 6.07) is 0. The summed E-state index contributed by atoms with van der Waals surface area (Å²) in [6.45, 7) is 26.5. The maximum Gasteiger partial charge on any atom is -0.0181 e. The highest BCUT2D eigenvalue weighted by atomic mass is 14.8. The molecule has 38 heavy (non-hydrogen) atoms. The Morgan fingerprint density at radius 2 is 1.05 bits per heavy atom. The van der Waals surface area contributed by atoms with Crippen LogP contribution in [0.2, 0.25) is 0 Å². The molecule has 0 aromatic heterocycles. The fraction of sp³-hybridized carbons (Fsp3) is 1.00. The van der Waals surface area contributed by atoms with Crippen molar-refractivity contribution in [2.24, 2.45) is 87.3 Å². The molecule has 220 valence electrons. The van der Waals surface area contributed by atoms with Crippen LogP contribution in [0.5, 0.6) is 0 Å². The Hall–Kier alpha value is 0. The number of unbranched alkanes of at least 4 members (excludes halogenated alkanes) is 5. The first-order valence-electron chi connectivity index (χ1n) is 18.1. The van der Waals surface area contributed by atoms with E-state index in [1.54, 1.807) is 25.7 Å². The first-order valence-corrected chi connectivity index (χ1v) is 18.1. The van der Waals surface area contributed by atoms with E-state index in [4.69, 9.17) is 0 Å². The highest BCUT2D eigenvalue weighted by molar-refractivity contribution is 5.26. The van der Waals surface area contributed by atoms with Crippen molar-refractivity contribution in [3.8, 4) is 0 Å². The first kappa shape index (κ1) is 29.5. The zero-order valence-electron chi connectivity index (χ0n) is 27.6. The van der Waals surface area contributed by atoms with Gasteiger partial charge in [-0.3, -0.25) is 0 Å². The van der Waals surface area contributed by atoms with Crippen molar-refractivity contribution in [2.45, 2.75) is 153 Å². The minimum Gasteiger partial charge on any atom is -0.0654 e. The summed E-state index contributed by atoms with van der Waals surface area (Å²) >= 11 is 0. The number of hydrogen-bond donors (Lipinski definition) is 0. The second-order valence-electron chi connectivity index (χ2n) is 16.8. The molecule has 0 heterocycles. The maximum atomic E-state index is 2.81. The number of hydrogen-bond acceptors (Lipinski definition) is 0.